The molecular formula is C17H21NO6S. The molecule has 8 heteroatoms. The van der Waals surface area contributed by atoms with Gasteiger partial charge in [0.2, 0.25) is 0 Å². The van der Waals surface area contributed by atoms with Crippen molar-refractivity contribution in [2.45, 2.75) is 38.6 Å². The second-order valence-electron chi connectivity index (χ2n) is 6.57. The van der Waals surface area contributed by atoms with Crippen LogP contribution in [0.3, 0.4) is 0 Å². The Morgan fingerprint density at radius 2 is 1.96 bits per heavy atom. The van der Waals surface area contributed by atoms with Gasteiger partial charge in [-0.3, -0.25) is 0 Å². The number of carbonyl (C=O) groups is 2. The zero-order valence-electron chi connectivity index (χ0n) is 14.1. The summed E-state index contributed by atoms with van der Waals surface area (Å²) in [6.45, 7) is 4.95. The zero-order chi connectivity index (χ0) is 18.8. The number of aliphatic hydroxyl groups is 2. The SMILES string of the molecule is CC(C)(C)OC(=O)NCC(O)C(O)c1cccc2sc(C(=O)O)cc12. The second kappa shape index (κ2) is 7.38. The van der Waals surface area contributed by atoms with Crippen LogP contribution in [-0.2, 0) is 4.74 Å². The monoisotopic (exact) mass is 367 g/mol. The van der Waals surface area contributed by atoms with E-state index in [9.17, 15) is 19.8 Å². The number of benzene rings is 1. The summed E-state index contributed by atoms with van der Waals surface area (Å²) >= 11 is 1.09. The molecule has 0 aliphatic rings. The van der Waals surface area contributed by atoms with Crippen LogP contribution in [0.25, 0.3) is 10.1 Å². The molecule has 7 nitrogen and oxygen atoms in total. The van der Waals surface area contributed by atoms with Crippen molar-refractivity contribution < 1.29 is 29.6 Å². The average Bonchev–Trinajstić information content (AvgIpc) is 2.94. The number of hydrogen-bond donors (Lipinski definition) is 4. The lowest BCUT2D eigenvalue weighted by atomic mass is 10.0. The number of thiophene rings is 1. The highest BCUT2D eigenvalue weighted by atomic mass is 32.1. The van der Waals surface area contributed by atoms with Crippen molar-refractivity contribution in [1.29, 1.82) is 0 Å². The average molecular weight is 367 g/mol. The Morgan fingerprint density at radius 3 is 2.56 bits per heavy atom. The molecule has 2 atom stereocenters. The van der Waals surface area contributed by atoms with E-state index in [0.717, 1.165) is 11.3 Å². The Labute approximate surface area is 148 Å². The number of carboxylic acid groups (broad SMARTS) is 1. The number of fused-ring (bicyclic) bond motifs is 1. The molecular weight excluding hydrogens is 346 g/mol. The Morgan fingerprint density at radius 1 is 1.28 bits per heavy atom. The van der Waals surface area contributed by atoms with Crippen molar-refractivity contribution in [2.75, 3.05) is 6.54 Å². The van der Waals surface area contributed by atoms with Crippen LogP contribution < -0.4 is 5.32 Å². The quantitative estimate of drug-likeness (QED) is 0.645. The molecule has 0 saturated heterocycles. The molecule has 0 bridgehead atoms. The lowest BCUT2D eigenvalue weighted by Gasteiger charge is -2.22. The van der Waals surface area contributed by atoms with Crippen molar-refractivity contribution >= 4 is 33.5 Å². The number of ether oxygens (including phenoxy) is 1. The third kappa shape index (κ3) is 4.91. The van der Waals surface area contributed by atoms with E-state index in [1.807, 2.05) is 0 Å². The topological polar surface area (TPSA) is 116 Å². The van der Waals surface area contributed by atoms with Crippen LogP contribution in [0.15, 0.2) is 24.3 Å². The van der Waals surface area contributed by atoms with Gasteiger partial charge in [-0.1, -0.05) is 12.1 Å². The minimum absolute atomic E-state index is 0.149. The molecule has 1 aromatic carbocycles. The molecule has 1 aromatic heterocycles. The summed E-state index contributed by atoms with van der Waals surface area (Å²) in [5.41, 5.74) is -0.261. The number of rotatable bonds is 5. The predicted molar refractivity (Wildman–Crippen MR) is 94.0 cm³/mol. The maximum absolute atomic E-state index is 11.6. The van der Waals surface area contributed by atoms with Gasteiger partial charge >= 0.3 is 12.1 Å². The van der Waals surface area contributed by atoms with Gasteiger partial charge in [0.05, 0.1) is 0 Å². The fourth-order valence-corrected chi connectivity index (χ4v) is 3.20. The van der Waals surface area contributed by atoms with Crippen molar-refractivity contribution in [1.82, 2.24) is 5.32 Å². The number of carboxylic acids is 1. The highest BCUT2D eigenvalue weighted by Gasteiger charge is 2.24. The normalized spacial score (nSPS) is 14.1. The summed E-state index contributed by atoms with van der Waals surface area (Å²) in [6, 6.07) is 6.50. The molecule has 0 aliphatic heterocycles. The number of alkyl carbamates (subject to hydrolysis) is 1. The number of amides is 1. The Kier molecular flexibility index (Phi) is 5.66. The Hall–Kier alpha value is -2.16. The summed E-state index contributed by atoms with van der Waals surface area (Å²) < 4.78 is 5.76. The van der Waals surface area contributed by atoms with E-state index in [2.05, 4.69) is 5.32 Å². The molecule has 4 N–H and O–H groups in total. The van der Waals surface area contributed by atoms with E-state index < -0.39 is 29.9 Å². The van der Waals surface area contributed by atoms with Gasteiger partial charge < -0.3 is 25.4 Å². The molecule has 2 rings (SSSR count). The minimum atomic E-state index is -1.28. The first-order valence-corrected chi connectivity index (χ1v) is 8.49. The third-order valence-electron chi connectivity index (χ3n) is 3.34. The maximum atomic E-state index is 11.6. The van der Waals surface area contributed by atoms with Gasteiger partial charge in [0.1, 0.15) is 22.7 Å². The van der Waals surface area contributed by atoms with Crippen LogP contribution in [0.4, 0.5) is 4.79 Å². The lowest BCUT2D eigenvalue weighted by Crippen LogP contribution is -2.38. The molecule has 136 valence electrons. The fraction of sp³-hybridized carbons (Fsp3) is 0.412. The first-order chi connectivity index (χ1) is 11.6. The van der Waals surface area contributed by atoms with Gasteiger partial charge in [-0.25, -0.2) is 9.59 Å². The third-order valence-corrected chi connectivity index (χ3v) is 4.43. The number of nitrogens with one attached hydrogen (secondary N) is 1. The van der Waals surface area contributed by atoms with Crippen molar-refractivity contribution in [3.8, 4) is 0 Å². The highest BCUT2D eigenvalue weighted by molar-refractivity contribution is 7.20. The van der Waals surface area contributed by atoms with Crippen LogP contribution in [0.1, 0.15) is 42.1 Å². The van der Waals surface area contributed by atoms with E-state index in [-0.39, 0.29) is 11.4 Å². The molecule has 0 radical (unpaired) electrons. The van der Waals surface area contributed by atoms with Crippen LogP contribution in [-0.4, -0.2) is 45.6 Å². The maximum Gasteiger partial charge on any atom is 0.407 e. The second-order valence-corrected chi connectivity index (χ2v) is 7.65. The summed E-state index contributed by atoms with van der Waals surface area (Å²) in [5, 5.41) is 32.6. The van der Waals surface area contributed by atoms with E-state index in [1.165, 1.54) is 6.07 Å². The van der Waals surface area contributed by atoms with Crippen LogP contribution in [0.5, 0.6) is 0 Å². The first-order valence-electron chi connectivity index (χ1n) is 7.67. The van der Waals surface area contributed by atoms with E-state index >= 15 is 0 Å². The summed E-state index contributed by atoms with van der Waals surface area (Å²) in [6.07, 6.45) is -3.25. The number of carbonyl (C=O) groups excluding carboxylic acids is 1. The smallest absolute Gasteiger partial charge is 0.407 e. The zero-order valence-corrected chi connectivity index (χ0v) is 15.0. The standard InChI is InChI=1S/C17H21NO6S/c1-17(2,3)24-16(23)18-8-11(19)14(20)9-5-4-6-12-10(9)7-13(25-12)15(21)22/h4-7,11,14,19-20H,8H2,1-3H3,(H,18,23)(H,21,22). The van der Waals surface area contributed by atoms with E-state index in [4.69, 9.17) is 9.84 Å². The summed E-state index contributed by atoms with van der Waals surface area (Å²) in [7, 11) is 0. The molecule has 0 fully saturated rings. The van der Waals surface area contributed by atoms with Gasteiger partial charge in [-0.15, -0.1) is 11.3 Å². The largest absolute Gasteiger partial charge is 0.477 e. The number of aliphatic hydroxyl groups excluding tert-OH is 2. The Balaban J connectivity index is 2.11. The van der Waals surface area contributed by atoms with Crippen molar-refractivity contribution in [3.63, 3.8) is 0 Å². The summed E-state index contributed by atoms with van der Waals surface area (Å²) in [4.78, 5) is 22.9. The van der Waals surface area contributed by atoms with Gasteiger partial charge in [0, 0.05) is 11.2 Å². The first kappa shape index (κ1) is 19.2. The van der Waals surface area contributed by atoms with Crippen molar-refractivity contribution in [3.05, 3.63) is 34.7 Å². The van der Waals surface area contributed by atoms with Crippen LogP contribution in [0.2, 0.25) is 0 Å². The number of hydrogen-bond acceptors (Lipinski definition) is 6. The molecule has 1 heterocycles. The Bertz CT molecular complexity index is 779. The van der Waals surface area contributed by atoms with Gasteiger partial charge in [-0.2, -0.15) is 0 Å². The van der Waals surface area contributed by atoms with Gasteiger partial charge in [0.15, 0.2) is 0 Å². The highest BCUT2D eigenvalue weighted by Crippen LogP contribution is 2.32. The van der Waals surface area contributed by atoms with E-state index in [0.29, 0.717) is 15.6 Å². The predicted octanol–water partition coefficient (Wildman–Crippen LogP) is 2.52. The summed E-state index contributed by atoms with van der Waals surface area (Å²) in [5.74, 6) is -1.05. The lowest BCUT2D eigenvalue weighted by molar-refractivity contribution is 0.0136. The molecule has 0 saturated carbocycles. The van der Waals surface area contributed by atoms with E-state index in [1.54, 1.807) is 39.0 Å². The van der Waals surface area contributed by atoms with Crippen molar-refractivity contribution in [2.24, 2.45) is 0 Å². The fourth-order valence-electron chi connectivity index (χ4n) is 2.27. The van der Waals surface area contributed by atoms with Gasteiger partial charge in [0.25, 0.3) is 0 Å². The van der Waals surface area contributed by atoms with Crippen LogP contribution >= 0.6 is 11.3 Å². The molecule has 0 aliphatic carbocycles. The minimum Gasteiger partial charge on any atom is -0.477 e. The molecule has 0 spiro atoms. The molecule has 25 heavy (non-hydrogen) atoms. The molecule has 2 aromatic rings. The van der Waals surface area contributed by atoms with Gasteiger partial charge in [-0.05, 0) is 43.9 Å². The molecule has 2 unspecified atom stereocenters. The van der Waals surface area contributed by atoms with Crippen LogP contribution in [0, 0.1) is 0 Å². The molecule has 1 amide bonds. The number of aromatic carboxylic acids is 1.